The molecule has 0 radical (unpaired) electrons. The summed E-state index contributed by atoms with van der Waals surface area (Å²) in [6.07, 6.45) is 3.22. The number of halogens is 1. The molecule has 0 spiro atoms. The zero-order valence-corrected chi connectivity index (χ0v) is 12.2. The monoisotopic (exact) mass is 292 g/mol. The molecule has 0 amide bonds. The highest BCUT2D eigenvalue weighted by molar-refractivity contribution is 7.03. The fourth-order valence-electron chi connectivity index (χ4n) is 2.62. The lowest BCUT2D eigenvalue weighted by Gasteiger charge is -2.40. The quantitative estimate of drug-likeness (QED) is 0.869. The molecule has 1 saturated heterocycles. The average molecular weight is 292 g/mol. The van der Waals surface area contributed by atoms with Gasteiger partial charge in [-0.2, -0.15) is 0 Å². The van der Waals surface area contributed by atoms with Gasteiger partial charge in [-0.15, -0.1) is 0 Å². The summed E-state index contributed by atoms with van der Waals surface area (Å²) >= 11 is 1.50. The van der Waals surface area contributed by atoms with E-state index in [2.05, 4.69) is 31.5 Å². The van der Waals surface area contributed by atoms with Crippen molar-refractivity contribution in [1.29, 1.82) is 0 Å². The van der Waals surface area contributed by atoms with Crippen LogP contribution in [0.25, 0.3) is 0 Å². The van der Waals surface area contributed by atoms with Crippen LogP contribution in [0.2, 0.25) is 0 Å². The molecule has 3 heterocycles. The lowest BCUT2D eigenvalue weighted by molar-refractivity contribution is 0.220. The summed E-state index contributed by atoms with van der Waals surface area (Å²) < 4.78 is 17.1. The van der Waals surface area contributed by atoms with E-state index in [-0.39, 0.29) is 5.82 Å². The van der Waals surface area contributed by atoms with Gasteiger partial charge in [0.2, 0.25) is 0 Å². The lowest BCUT2D eigenvalue weighted by Crippen LogP contribution is -2.51. The van der Waals surface area contributed by atoms with Crippen LogP contribution in [0.15, 0.2) is 29.9 Å². The normalized spacial score (nSPS) is 20.3. The van der Waals surface area contributed by atoms with Gasteiger partial charge in [0.15, 0.2) is 0 Å². The summed E-state index contributed by atoms with van der Waals surface area (Å²) in [6.45, 7) is 6.01. The predicted molar refractivity (Wildman–Crippen MR) is 78.4 cm³/mol. The summed E-state index contributed by atoms with van der Waals surface area (Å²) in [4.78, 5) is 8.84. The number of nitrogens with zero attached hydrogens (tertiary/aromatic N) is 4. The number of pyridine rings is 1. The molecule has 1 atom stereocenters. The fraction of sp³-hybridized carbons (Fsp3) is 0.429. The topological polar surface area (TPSA) is 32.3 Å². The summed E-state index contributed by atoms with van der Waals surface area (Å²) in [7, 11) is 0. The van der Waals surface area contributed by atoms with Gasteiger partial charge in [-0.25, -0.2) is 13.7 Å². The first-order valence-corrected chi connectivity index (χ1v) is 7.55. The van der Waals surface area contributed by atoms with Gasteiger partial charge in [-0.1, -0.05) is 0 Å². The molecular weight excluding hydrogens is 275 g/mol. The van der Waals surface area contributed by atoms with Crippen molar-refractivity contribution in [2.24, 2.45) is 0 Å². The van der Waals surface area contributed by atoms with E-state index in [1.165, 1.54) is 29.4 Å². The van der Waals surface area contributed by atoms with E-state index in [1.807, 2.05) is 6.20 Å². The lowest BCUT2D eigenvalue weighted by atomic mass is 10.1. The minimum absolute atomic E-state index is 0.287. The highest BCUT2D eigenvalue weighted by atomic mass is 32.1. The van der Waals surface area contributed by atoms with Gasteiger partial charge in [0.1, 0.15) is 11.6 Å². The number of piperazine rings is 1. The van der Waals surface area contributed by atoms with Crippen LogP contribution in [-0.4, -0.2) is 39.9 Å². The largest absolute Gasteiger partial charge is 0.351 e. The first kappa shape index (κ1) is 13.5. The summed E-state index contributed by atoms with van der Waals surface area (Å²) in [5.41, 5.74) is 1.27. The van der Waals surface area contributed by atoms with Crippen molar-refractivity contribution < 1.29 is 4.39 Å². The zero-order valence-electron chi connectivity index (χ0n) is 11.4. The second kappa shape index (κ2) is 5.85. The van der Waals surface area contributed by atoms with Crippen LogP contribution in [0.5, 0.6) is 0 Å². The molecular formula is C14H17FN4S. The Hall–Kier alpha value is -1.53. The average Bonchev–Trinajstić information content (AvgIpc) is 2.93. The highest BCUT2D eigenvalue weighted by Crippen LogP contribution is 2.19. The molecule has 0 bridgehead atoms. The van der Waals surface area contributed by atoms with Crippen molar-refractivity contribution in [3.05, 3.63) is 41.3 Å². The van der Waals surface area contributed by atoms with E-state index in [9.17, 15) is 4.39 Å². The Morgan fingerprint density at radius 1 is 1.35 bits per heavy atom. The van der Waals surface area contributed by atoms with E-state index < -0.39 is 0 Å². The third-order valence-corrected chi connectivity index (χ3v) is 4.24. The van der Waals surface area contributed by atoms with Crippen LogP contribution in [0.1, 0.15) is 12.5 Å². The second-order valence-corrected chi connectivity index (χ2v) is 5.80. The molecule has 2 aromatic heterocycles. The number of hydrogen-bond donors (Lipinski definition) is 0. The van der Waals surface area contributed by atoms with Gasteiger partial charge in [-0.05, 0) is 36.2 Å². The van der Waals surface area contributed by atoms with Gasteiger partial charge in [0.05, 0.1) is 6.20 Å². The van der Waals surface area contributed by atoms with E-state index in [4.69, 9.17) is 0 Å². The number of rotatable bonds is 3. The Balaban J connectivity index is 1.63. The molecule has 1 aliphatic rings. The van der Waals surface area contributed by atoms with Crippen LogP contribution >= 0.6 is 11.5 Å². The van der Waals surface area contributed by atoms with Gasteiger partial charge in [-0.3, -0.25) is 4.90 Å². The molecule has 1 unspecified atom stereocenters. The number of anilines is 1. The SMILES string of the molecule is CC1CN(Cc2cnsc2)CCN1c1ccc(F)cn1. The fourth-order valence-corrected chi connectivity index (χ4v) is 3.15. The van der Waals surface area contributed by atoms with Gasteiger partial charge in [0.25, 0.3) is 0 Å². The van der Waals surface area contributed by atoms with Crippen LogP contribution in [-0.2, 0) is 6.54 Å². The summed E-state index contributed by atoms with van der Waals surface area (Å²) in [5, 5.41) is 2.10. The second-order valence-electron chi connectivity index (χ2n) is 5.14. The van der Waals surface area contributed by atoms with Gasteiger partial charge < -0.3 is 4.90 Å². The molecule has 2 aromatic rings. The van der Waals surface area contributed by atoms with Crippen LogP contribution in [0, 0.1) is 5.82 Å². The Kier molecular flexibility index (Phi) is 3.93. The minimum atomic E-state index is -0.287. The maximum Gasteiger partial charge on any atom is 0.141 e. The van der Waals surface area contributed by atoms with Crippen LogP contribution in [0.4, 0.5) is 10.2 Å². The maximum absolute atomic E-state index is 12.9. The van der Waals surface area contributed by atoms with Crippen LogP contribution in [0.3, 0.4) is 0 Å². The molecule has 1 aliphatic heterocycles. The van der Waals surface area contributed by atoms with Crippen molar-refractivity contribution in [1.82, 2.24) is 14.3 Å². The van der Waals surface area contributed by atoms with E-state index in [1.54, 1.807) is 6.07 Å². The first-order valence-electron chi connectivity index (χ1n) is 6.71. The molecule has 106 valence electrons. The Morgan fingerprint density at radius 3 is 2.90 bits per heavy atom. The smallest absolute Gasteiger partial charge is 0.141 e. The molecule has 3 rings (SSSR count). The van der Waals surface area contributed by atoms with Crippen LogP contribution < -0.4 is 4.90 Å². The third-order valence-electron chi connectivity index (χ3n) is 3.61. The van der Waals surface area contributed by atoms with Crippen molar-refractivity contribution >= 4 is 17.4 Å². The molecule has 0 aliphatic carbocycles. The standard InChI is InChI=1S/C14H17FN4S/c1-11-8-18(9-12-6-17-20-10-12)4-5-19(11)14-3-2-13(15)7-16-14/h2-3,6-7,10-11H,4-5,8-9H2,1H3. The molecule has 0 saturated carbocycles. The molecule has 0 N–H and O–H groups in total. The number of aromatic nitrogens is 2. The molecule has 4 nitrogen and oxygen atoms in total. The van der Waals surface area contributed by atoms with Crippen molar-refractivity contribution in [3.8, 4) is 0 Å². The summed E-state index contributed by atoms with van der Waals surface area (Å²) in [6, 6.07) is 3.59. The highest BCUT2D eigenvalue weighted by Gasteiger charge is 2.24. The maximum atomic E-state index is 12.9. The van der Waals surface area contributed by atoms with Crippen molar-refractivity contribution in [3.63, 3.8) is 0 Å². The first-order chi connectivity index (χ1) is 9.72. The molecule has 20 heavy (non-hydrogen) atoms. The minimum Gasteiger partial charge on any atom is -0.351 e. The Bertz CT molecular complexity index is 543. The van der Waals surface area contributed by atoms with E-state index >= 15 is 0 Å². The molecule has 1 fully saturated rings. The Labute approximate surface area is 122 Å². The number of hydrogen-bond acceptors (Lipinski definition) is 5. The zero-order chi connectivity index (χ0) is 13.9. The van der Waals surface area contributed by atoms with Gasteiger partial charge >= 0.3 is 0 Å². The predicted octanol–water partition coefficient (Wildman–Crippen LogP) is 2.39. The van der Waals surface area contributed by atoms with Crippen molar-refractivity contribution in [2.75, 3.05) is 24.5 Å². The summed E-state index contributed by atoms with van der Waals surface area (Å²) in [5.74, 6) is 0.570. The molecule has 6 heteroatoms. The van der Waals surface area contributed by atoms with Gasteiger partial charge in [0, 0.05) is 43.8 Å². The molecule has 0 aromatic carbocycles. The van der Waals surface area contributed by atoms with E-state index in [0.29, 0.717) is 6.04 Å². The van der Waals surface area contributed by atoms with E-state index in [0.717, 1.165) is 32.0 Å². The van der Waals surface area contributed by atoms with Crippen molar-refractivity contribution in [2.45, 2.75) is 19.5 Å². The third kappa shape index (κ3) is 2.96. The Morgan fingerprint density at radius 2 is 2.25 bits per heavy atom.